The molecule has 94 valence electrons. The number of carbonyl (C=O) groups is 1. The van der Waals surface area contributed by atoms with Gasteiger partial charge < -0.3 is 15.4 Å². The number of carbonyl (C=O) groups excluding carboxylic acids is 1. The van der Waals surface area contributed by atoms with Crippen molar-refractivity contribution in [1.82, 2.24) is 10.6 Å². The number of rotatable bonds is 6. The zero-order valence-corrected chi connectivity index (χ0v) is 10.6. The molecule has 1 fully saturated rings. The quantitative estimate of drug-likeness (QED) is 0.710. The van der Waals surface area contributed by atoms with E-state index in [1.165, 1.54) is 6.42 Å². The molecule has 0 aromatic rings. The van der Waals surface area contributed by atoms with Crippen LogP contribution in [0.2, 0.25) is 0 Å². The first-order valence-electron chi connectivity index (χ1n) is 6.06. The summed E-state index contributed by atoms with van der Waals surface area (Å²) in [5.41, 5.74) is 0.0974. The number of methoxy groups -OCH3 is 1. The van der Waals surface area contributed by atoms with Crippen molar-refractivity contribution in [2.75, 3.05) is 26.8 Å². The van der Waals surface area contributed by atoms with E-state index >= 15 is 0 Å². The highest BCUT2D eigenvalue weighted by atomic mass is 16.5. The summed E-state index contributed by atoms with van der Waals surface area (Å²) in [5.74, 6) is 0.411. The van der Waals surface area contributed by atoms with E-state index in [4.69, 9.17) is 4.74 Å². The predicted molar refractivity (Wildman–Crippen MR) is 64.3 cm³/mol. The van der Waals surface area contributed by atoms with Crippen molar-refractivity contribution in [2.45, 2.75) is 38.6 Å². The molecule has 1 aliphatic rings. The van der Waals surface area contributed by atoms with E-state index in [9.17, 15) is 4.79 Å². The Bertz CT molecular complexity index is 225. The molecule has 0 bridgehead atoms. The lowest BCUT2D eigenvalue weighted by Crippen LogP contribution is -2.47. The molecule has 2 atom stereocenters. The summed E-state index contributed by atoms with van der Waals surface area (Å²) in [5, 5.41) is 6.42. The SMILES string of the molecule is COCC(C)CC(=O)NCC1(C)CCCN1. The zero-order chi connectivity index (χ0) is 12.0. The van der Waals surface area contributed by atoms with Crippen molar-refractivity contribution < 1.29 is 9.53 Å². The van der Waals surface area contributed by atoms with E-state index in [1.54, 1.807) is 7.11 Å². The number of nitrogens with one attached hydrogen (secondary N) is 2. The first-order chi connectivity index (χ1) is 7.56. The molecule has 1 amide bonds. The summed E-state index contributed by atoms with van der Waals surface area (Å²) < 4.78 is 5.01. The lowest BCUT2D eigenvalue weighted by Gasteiger charge is -2.24. The van der Waals surface area contributed by atoms with Gasteiger partial charge in [0.1, 0.15) is 0 Å². The molecule has 1 saturated heterocycles. The highest BCUT2D eigenvalue weighted by molar-refractivity contribution is 5.76. The lowest BCUT2D eigenvalue weighted by molar-refractivity contribution is -0.122. The van der Waals surface area contributed by atoms with Gasteiger partial charge >= 0.3 is 0 Å². The molecule has 1 heterocycles. The Morgan fingerprint density at radius 1 is 1.62 bits per heavy atom. The van der Waals surface area contributed by atoms with Gasteiger partial charge in [-0.1, -0.05) is 6.92 Å². The van der Waals surface area contributed by atoms with Crippen LogP contribution >= 0.6 is 0 Å². The van der Waals surface area contributed by atoms with E-state index in [1.807, 2.05) is 6.92 Å². The van der Waals surface area contributed by atoms with Gasteiger partial charge in [0.25, 0.3) is 0 Å². The summed E-state index contributed by atoms with van der Waals surface area (Å²) in [6.45, 7) is 6.62. The van der Waals surface area contributed by atoms with Gasteiger partial charge in [0.2, 0.25) is 5.91 Å². The van der Waals surface area contributed by atoms with Crippen LogP contribution in [0.1, 0.15) is 33.1 Å². The van der Waals surface area contributed by atoms with Crippen LogP contribution in [0.15, 0.2) is 0 Å². The number of hydrogen-bond acceptors (Lipinski definition) is 3. The number of hydrogen-bond donors (Lipinski definition) is 2. The molecule has 1 aliphatic heterocycles. The monoisotopic (exact) mass is 228 g/mol. The molecule has 0 aliphatic carbocycles. The second-order valence-electron chi connectivity index (χ2n) is 5.13. The third-order valence-electron chi connectivity index (χ3n) is 3.12. The second kappa shape index (κ2) is 6.21. The second-order valence-corrected chi connectivity index (χ2v) is 5.13. The molecule has 4 nitrogen and oxygen atoms in total. The summed E-state index contributed by atoms with van der Waals surface area (Å²) in [4.78, 5) is 11.6. The van der Waals surface area contributed by atoms with Crippen molar-refractivity contribution in [1.29, 1.82) is 0 Å². The molecule has 0 aromatic heterocycles. The van der Waals surface area contributed by atoms with E-state index in [2.05, 4.69) is 17.6 Å². The Morgan fingerprint density at radius 3 is 2.94 bits per heavy atom. The van der Waals surface area contributed by atoms with Gasteiger partial charge in [0.15, 0.2) is 0 Å². The summed E-state index contributed by atoms with van der Waals surface area (Å²) >= 11 is 0. The van der Waals surface area contributed by atoms with Gasteiger partial charge in [-0.15, -0.1) is 0 Å². The first kappa shape index (κ1) is 13.5. The third kappa shape index (κ3) is 4.49. The van der Waals surface area contributed by atoms with Gasteiger partial charge in [-0.25, -0.2) is 0 Å². The Balaban J connectivity index is 2.19. The van der Waals surface area contributed by atoms with Gasteiger partial charge in [-0.05, 0) is 32.2 Å². The van der Waals surface area contributed by atoms with Crippen LogP contribution in [0.4, 0.5) is 0 Å². The van der Waals surface area contributed by atoms with Crippen LogP contribution in [0.5, 0.6) is 0 Å². The highest BCUT2D eigenvalue weighted by Crippen LogP contribution is 2.17. The molecule has 4 heteroatoms. The fraction of sp³-hybridized carbons (Fsp3) is 0.917. The van der Waals surface area contributed by atoms with Crippen LogP contribution in [0, 0.1) is 5.92 Å². The molecule has 0 saturated carbocycles. The Morgan fingerprint density at radius 2 is 2.38 bits per heavy atom. The minimum absolute atomic E-state index is 0.0974. The zero-order valence-electron chi connectivity index (χ0n) is 10.6. The lowest BCUT2D eigenvalue weighted by atomic mass is 10.0. The van der Waals surface area contributed by atoms with E-state index in [0.717, 1.165) is 19.5 Å². The van der Waals surface area contributed by atoms with Gasteiger partial charge in [-0.2, -0.15) is 0 Å². The van der Waals surface area contributed by atoms with E-state index in [-0.39, 0.29) is 17.4 Å². The van der Waals surface area contributed by atoms with Gasteiger partial charge in [-0.3, -0.25) is 4.79 Å². The smallest absolute Gasteiger partial charge is 0.220 e. The highest BCUT2D eigenvalue weighted by Gasteiger charge is 2.28. The maximum Gasteiger partial charge on any atom is 0.220 e. The largest absolute Gasteiger partial charge is 0.384 e. The molecule has 0 spiro atoms. The van der Waals surface area contributed by atoms with Crippen molar-refractivity contribution in [3.63, 3.8) is 0 Å². The number of amides is 1. The molecular formula is C12H24N2O2. The molecular weight excluding hydrogens is 204 g/mol. The Labute approximate surface area is 98.1 Å². The number of ether oxygens (including phenoxy) is 1. The van der Waals surface area contributed by atoms with Crippen LogP contribution in [-0.4, -0.2) is 38.3 Å². The summed E-state index contributed by atoms with van der Waals surface area (Å²) in [6, 6.07) is 0. The molecule has 0 radical (unpaired) electrons. The van der Waals surface area contributed by atoms with Crippen molar-refractivity contribution in [3.8, 4) is 0 Å². The Hall–Kier alpha value is -0.610. The average Bonchev–Trinajstić information content (AvgIpc) is 2.63. The van der Waals surface area contributed by atoms with Crippen LogP contribution in [-0.2, 0) is 9.53 Å². The summed E-state index contributed by atoms with van der Waals surface area (Å²) in [6.07, 6.45) is 2.89. The summed E-state index contributed by atoms with van der Waals surface area (Å²) in [7, 11) is 1.66. The van der Waals surface area contributed by atoms with Crippen LogP contribution in [0.3, 0.4) is 0 Å². The van der Waals surface area contributed by atoms with Crippen LogP contribution < -0.4 is 10.6 Å². The molecule has 1 rings (SSSR count). The predicted octanol–water partition coefficient (Wildman–Crippen LogP) is 0.917. The molecule has 2 unspecified atom stereocenters. The fourth-order valence-electron chi connectivity index (χ4n) is 2.13. The van der Waals surface area contributed by atoms with Crippen LogP contribution in [0.25, 0.3) is 0 Å². The molecule has 16 heavy (non-hydrogen) atoms. The van der Waals surface area contributed by atoms with Gasteiger partial charge in [0, 0.05) is 32.2 Å². The normalized spacial score (nSPS) is 26.7. The minimum atomic E-state index is 0.0974. The van der Waals surface area contributed by atoms with Crippen molar-refractivity contribution >= 4 is 5.91 Å². The topological polar surface area (TPSA) is 50.4 Å². The maximum atomic E-state index is 11.6. The maximum absolute atomic E-state index is 11.6. The third-order valence-corrected chi connectivity index (χ3v) is 3.12. The standard InChI is InChI=1S/C12H24N2O2/c1-10(8-16-3)7-11(15)13-9-12(2)5-4-6-14-12/h10,14H,4-9H2,1-3H3,(H,13,15). The fourth-order valence-corrected chi connectivity index (χ4v) is 2.13. The van der Waals surface area contributed by atoms with Crippen molar-refractivity contribution in [2.24, 2.45) is 5.92 Å². The van der Waals surface area contributed by atoms with Crippen molar-refractivity contribution in [3.05, 3.63) is 0 Å². The minimum Gasteiger partial charge on any atom is -0.384 e. The Kier molecular flexibility index (Phi) is 5.22. The first-order valence-corrected chi connectivity index (χ1v) is 6.06. The van der Waals surface area contributed by atoms with Gasteiger partial charge in [0.05, 0.1) is 0 Å². The molecule has 2 N–H and O–H groups in total. The average molecular weight is 228 g/mol. The van der Waals surface area contributed by atoms with E-state index in [0.29, 0.717) is 13.0 Å². The van der Waals surface area contributed by atoms with E-state index < -0.39 is 0 Å². The molecule has 0 aromatic carbocycles.